The van der Waals surface area contributed by atoms with E-state index in [1.165, 1.54) is 5.01 Å². The number of carbonyl (C=O) groups is 1. The highest BCUT2D eigenvalue weighted by molar-refractivity contribution is 6.03. The number of carbonyl (C=O) groups excluding carboxylic acids is 1. The van der Waals surface area contributed by atoms with E-state index in [0.717, 1.165) is 11.3 Å². The fourth-order valence-corrected chi connectivity index (χ4v) is 0.987. The molecule has 0 spiro atoms. The Hall–Kier alpha value is -1.12. The first-order valence-corrected chi connectivity index (χ1v) is 3.58. The summed E-state index contributed by atoms with van der Waals surface area (Å²) in [6, 6.07) is 0. The van der Waals surface area contributed by atoms with Crippen molar-refractivity contribution in [2.45, 2.75) is 20.3 Å². The summed E-state index contributed by atoms with van der Waals surface area (Å²) < 4.78 is 0. The predicted molar refractivity (Wildman–Crippen MR) is 44.3 cm³/mol. The first-order valence-electron chi connectivity index (χ1n) is 3.58. The van der Waals surface area contributed by atoms with Gasteiger partial charge in [-0.15, -0.1) is 0 Å². The number of hydrogen-bond acceptors (Lipinski definition) is 2. The molecular formula is C8H12N2O. The molecule has 0 N–H and O–H groups in total. The van der Waals surface area contributed by atoms with Crippen LogP contribution in [0.1, 0.15) is 20.3 Å². The second kappa shape index (κ2) is 2.86. The molecule has 0 atom stereocenters. The zero-order valence-corrected chi connectivity index (χ0v) is 6.92. The smallest absolute Gasteiger partial charge is 0.248 e. The third-order valence-corrected chi connectivity index (χ3v) is 1.41. The summed E-state index contributed by atoms with van der Waals surface area (Å²) in [6.45, 7) is 8.01. The van der Waals surface area contributed by atoms with Crippen molar-refractivity contribution in [2.75, 3.05) is 6.54 Å². The maximum Gasteiger partial charge on any atom is 0.248 e. The van der Waals surface area contributed by atoms with E-state index in [1.54, 1.807) is 0 Å². The molecule has 0 saturated carbocycles. The minimum absolute atomic E-state index is 0.0745. The first kappa shape index (κ1) is 7.98. The number of amides is 1. The molecule has 0 unspecified atom stereocenters. The molecule has 1 rings (SSSR count). The third-order valence-electron chi connectivity index (χ3n) is 1.41. The Kier molecular flexibility index (Phi) is 2.08. The van der Waals surface area contributed by atoms with Gasteiger partial charge in [-0.3, -0.25) is 4.79 Å². The maximum absolute atomic E-state index is 11.1. The van der Waals surface area contributed by atoms with Crippen LogP contribution >= 0.6 is 0 Å². The zero-order valence-electron chi connectivity index (χ0n) is 6.92. The van der Waals surface area contributed by atoms with E-state index in [4.69, 9.17) is 0 Å². The van der Waals surface area contributed by atoms with Crippen LogP contribution in [0.15, 0.2) is 17.3 Å². The molecule has 0 aromatic rings. The molecule has 0 fully saturated rings. The lowest BCUT2D eigenvalue weighted by molar-refractivity contribution is -0.128. The molecule has 0 bridgehead atoms. The molecular weight excluding hydrogens is 140 g/mol. The second-order valence-electron chi connectivity index (χ2n) is 2.92. The van der Waals surface area contributed by atoms with Gasteiger partial charge < -0.3 is 0 Å². The van der Waals surface area contributed by atoms with Gasteiger partial charge in [0.15, 0.2) is 0 Å². The maximum atomic E-state index is 11.1. The Balaban J connectivity index is 2.59. The molecule has 0 aromatic heterocycles. The number of rotatable bonds is 2. The van der Waals surface area contributed by atoms with Crippen molar-refractivity contribution in [1.82, 2.24) is 5.01 Å². The van der Waals surface area contributed by atoms with Crippen LogP contribution in [0.4, 0.5) is 0 Å². The van der Waals surface area contributed by atoms with Crippen LogP contribution in [-0.4, -0.2) is 23.2 Å². The Morgan fingerprint density at radius 1 is 1.82 bits per heavy atom. The number of hydrogen-bond donors (Lipinski definition) is 0. The van der Waals surface area contributed by atoms with E-state index in [1.807, 2.05) is 13.8 Å². The number of hydrazone groups is 1. The topological polar surface area (TPSA) is 32.7 Å². The monoisotopic (exact) mass is 152 g/mol. The highest BCUT2D eigenvalue weighted by Gasteiger charge is 2.20. The molecule has 0 radical (unpaired) electrons. The summed E-state index contributed by atoms with van der Waals surface area (Å²) in [7, 11) is 0. The van der Waals surface area contributed by atoms with Crippen LogP contribution in [0.3, 0.4) is 0 Å². The highest BCUT2D eigenvalue weighted by Crippen LogP contribution is 2.08. The van der Waals surface area contributed by atoms with Gasteiger partial charge in [-0.1, -0.05) is 12.2 Å². The van der Waals surface area contributed by atoms with Gasteiger partial charge >= 0.3 is 0 Å². The summed E-state index contributed by atoms with van der Waals surface area (Å²) in [6.07, 6.45) is 0.466. The molecule has 3 heteroatoms. The third kappa shape index (κ3) is 1.90. The van der Waals surface area contributed by atoms with Crippen LogP contribution in [0.5, 0.6) is 0 Å². The highest BCUT2D eigenvalue weighted by atomic mass is 16.2. The fourth-order valence-electron chi connectivity index (χ4n) is 0.987. The summed E-state index contributed by atoms with van der Waals surface area (Å²) in [5, 5.41) is 5.52. The van der Waals surface area contributed by atoms with Crippen molar-refractivity contribution in [1.29, 1.82) is 0 Å². The zero-order chi connectivity index (χ0) is 8.43. The van der Waals surface area contributed by atoms with Gasteiger partial charge in [-0.25, -0.2) is 5.01 Å². The standard InChI is InChI=1S/C8H12N2O/c1-6(2)5-10-8(11)4-7(3)9-10/h1,4-5H2,2-3H3. The molecule has 1 heterocycles. The molecule has 60 valence electrons. The molecule has 1 aliphatic rings. The fraction of sp³-hybridized carbons (Fsp3) is 0.500. The van der Waals surface area contributed by atoms with E-state index in [-0.39, 0.29) is 5.91 Å². The predicted octanol–water partition coefficient (Wildman–Crippen LogP) is 1.17. The van der Waals surface area contributed by atoms with Crippen LogP contribution in [0, 0.1) is 0 Å². The van der Waals surface area contributed by atoms with E-state index in [2.05, 4.69) is 11.7 Å². The van der Waals surface area contributed by atoms with Crippen molar-refractivity contribution >= 4 is 11.6 Å². The Morgan fingerprint density at radius 3 is 2.82 bits per heavy atom. The molecule has 0 saturated heterocycles. The van der Waals surface area contributed by atoms with Crippen molar-refractivity contribution < 1.29 is 4.79 Å². The molecule has 3 nitrogen and oxygen atoms in total. The lowest BCUT2D eigenvalue weighted by Gasteiger charge is -2.10. The van der Waals surface area contributed by atoms with Gasteiger partial charge in [-0.05, 0) is 13.8 Å². The van der Waals surface area contributed by atoms with Gasteiger partial charge in [-0.2, -0.15) is 5.10 Å². The van der Waals surface area contributed by atoms with E-state index in [0.29, 0.717) is 13.0 Å². The summed E-state index contributed by atoms with van der Waals surface area (Å²) in [5.41, 5.74) is 1.84. The van der Waals surface area contributed by atoms with Gasteiger partial charge in [0, 0.05) is 5.71 Å². The largest absolute Gasteiger partial charge is 0.273 e. The Labute approximate surface area is 66.4 Å². The lowest BCUT2D eigenvalue weighted by atomic mass is 10.3. The van der Waals surface area contributed by atoms with Gasteiger partial charge in [0.2, 0.25) is 5.91 Å². The summed E-state index contributed by atoms with van der Waals surface area (Å²) in [4.78, 5) is 11.1. The molecule has 1 aliphatic heterocycles. The molecule has 0 aliphatic carbocycles. The minimum Gasteiger partial charge on any atom is -0.273 e. The van der Waals surface area contributed by atoms with Gasteiger partial charge in [0.05, 0.1) is 13.0 Å². The average Bonchev–Trinajstić information content (AvgIpc) is 2.09. The van der Waals surface area contributed by atoms with Crippen molar-refractivity contribution in [3.63, 3.8) is 0 Å². The van der Waals surface area contributed by atoms with Crippen LogP contribution in [-0.2, 0) is 4.79 Å². The molecule has 11 heavy (non-hydrogen) atoms. The summed E-state index contributed by atoms with van der Waals surface area (Å²) >= 11 is 0. The first-order chi connectivity index (χ1) is 5.09. The summed E-state index contributed by atoms with van der Waals surface area (Å²) in [5.74, 6) is 0.0745. The Morgan fingerprint density at radius 2 is 2.45 bits per heavy atom. The van der Waals surface area contributed by atoms with Crippen molar-refractivity contribution in [3.8, 4) is 0 Å². The van der Waals surface area contributed by atoms with Crippen LogP contribution in [0.2, 0.25) is 0 Å². The van der Waals surface area contributed by atoms with E-state index in [9.17, 15) is 4.79 Å². The second-order valence-corrected chi connectivity index (χ2v) is 2.92. The minimum atomic E-state index is 0.0745. The average molecular weight is 152 g/mol. The van der Waals surface area contributed by atoms with E-state index < -0.39 is 0 Å². The van der Waals surface area contributed by atoms with Crippen molar-refractivity contribution in [2.24, 2.45) is 5.10 Å². The van der Waals surface area contributed by atoms with Crippen molar-refractivity contribution in [3.05, 3.63) is 12.2 Å². The lowest BCUT2D eigenvalue weighted by Crippen LogP contribution is -2.22. The van der Waals surface area contributed by atoms with Gasteiger partial charge in [0.25, 0.3) is 0 Å². The Bertz CT molecular complexity index is 230. The van der Waals surface area contributed by atoms with Crippen LogP contribution < -0.4 is 0 Å². The molecule has 1 amide bonds. The normalized spacial score (nSPS) is 17.1. The van der Waals surface area contributed by atoms with Gasteiger partial charge in [0.1, 0.15) is 0 Å². The quantitative estimate of drug-likeness (QED) is 0.547. The SMILES string of the molecule is C=C(C)CN1N=C(C)CC1=O. The van der Waals surface area contributed by atoms with Crippen LogP contribution in [0.25, 0.3) is 0 Å². The molecule has 0 aromatic carbocycles. The number of nitrogens with zero attached hydrogens (tertiary/aromatic N) is 2. The van der Waals surface area contributed by atoms with E-state index >= 15 is 0 Å².